The number of hydrogen-bond acceptors (Lipinski definition) is 1. The third-order valence-corrected chi connectivity index (χ3v) is 5.93. The van der Waals surface area contributed by atoms with Crippen LogP contribution in [0.15, 0.2) is 0 Å². The minimum Gasteiger partial charge on any atom is -0.392 e. The lowest BCUT2D eigenvalue weighted by atomic mass is 9.26. The second-order valence-corrected chi connectivity index (χ2v) is 7.90. The highest BCUT2D eigenvalue weighted by Crippen LogP contribution is 2.66. The lowest BCUT2D eigenvalue weighted by molar-refractivity contribution is -0.0441. The molecule has 0 saturated heterocycles. The summed E-state index contributed by atoms with van der Waals surface area (Å²) in [7, 11) is 9.03. The Morgan fingerprint density at radius 3 is 1.62 bits per heavy atom. The molecule has 0 aromatic carbocycles. The molecule has 1 nitrogen and oxygen atoms in total. The van der Waals surface area contributed by atoms with Crippen LogP contribution >= 0.6 is 0 Å². The van der Waals surface area contributed by atoms with Crippen LogP contribution in [0, 0.1) is 5.41 Å². The number of hydrogen-bond donors (Lipinski definition) is 1. The van der Waals surface area contributed by atoms with Crippen LogP contribution < -0.4 is 0 Å². The second-order valence-electron chi connectivity index (χ2n) is 7.90. The van der Waals surface area contributed by atoms with E-state index in [-0.39, 0.29) is 10.4 Å². The fourth-order valence-electron chi connectivity index (χ4n) is 4.68. The molecule has 0 aromatic rings. The summed E-state index contributed by atoms with van der Waals surface area (Å²) < 4.78 is 0. The fourth-order valence-corrected chi connectivity index (χ4v) is 4.68. The molecule has 2 saturated carbocycles. The highest BCUT2D eigenvalue weighted by molar-refractivity contribution is 6.46. The van der Waals surface area contributed by atoms with Gasteiger partial charge in [0, 0.05) is 5.60 Å². The van der Waals surface area contributed by atoms with E-state index >= 15 is 0 Å². The van der Waals surface area contributed by atoms with Crippen molar-refractivity contribution in [1.82, 2.24) is 0 Å². The van der Waals surface area contributed by atoms with Crippen LogP contribution in [-0.2, 0) is 0 Å². The van der Waals surface area contributed by atoms with Gasteiger partial charge in [0.1, 0.15) is 31.4 Å². The van der Waals surface area contributed by atoms with Crippen molar-refractivity contribution < 1.29 is 5.11 Å². The van der Waals surface area contributed by atoms with Gasteiger partial charge in [-0.3, -0.25) is 0 Å². The first-order valence-corrected chi connectivity index (χ1v) is 6.84. The van der Waals surface area contributed by atoms with Crippen molar-refractivity contribution in [3.05, 3.63) is 0 Å². The first-order chi connectivity index (χ1) is 7.12. The first kappa shape index (κ1) is 12.7. The molecule has 2 aliphatic carbocycles. The molecule has 0 atom stereocenters. The van der Waals surface area contributed by atoms with Gasteiger partial charge in [-0.05, 0) is 25.2 Å². The second kappa shape index (κ2) is 3.37. The van der Waals surface area contributed by atoms with Gasteiger partial charge >= 0.3 is 0 Å². The molecule has 2 aliphatic rings. The Morgan fingerprint density at radius 2 is 1.25 bits per heavy atom. The van der Waals surface area contributed by atoms with E-state index in [4.69, 9.17) is 0 Å². The molecule has 5 heteroatoms. The van der Waals surface area contributed by atoms with Crippen LogP contribution in [-0.4, -0.2) is 42.1 Å². The van der Waals surface area contributed by atoms with E-state index in [0.29, 0.717) is 5.41 Å². The van der Waals surface area contributed by atoms with Crippen LogP contribution in [0.25, 0.3) is 0 Å². The summed E-state index contributed by atoms with van der Waals surface area (Å²) in [6, 6.07) is 0. The summed E-state index contributed by atoms with van der Waals surface area (Å²) in [4.78, 5) is 0. The van der Waals surface area contributed by atoms with E-state index in [1.54, 1.807) is 0 Å². The zero-order chi connectivity index (χ0) is 12.2. The SMILES string of the molecule is BC1(B)CC2(CCCC2)CC(B)(B)C1(C)O. The predicted molar refractivity (Wildman–Crippen MR) is 80.3 cm³/mol. The van der Waals surface area contributed by atoms with Gasteiger partial charge in [-0.25, -0.2) is 0 Å². The van der Waals surface area contributed by atoms with Crippen molar-refractivity contribution in [3.63, 3.8) is 0 Å². The van der Waals surface area contributed by atoms with E-state index in [1.165, 1.54) is 38.5 Å². The zero-order valence-corrected chi connectivity index (χ0v) is 11.7. The van der Waals surface area contributed by atoms with Crippen LogP contribution in [0.1, 0.15) is 45.4 Å². The molecule has 0 bridgehead atoms. The highest BCUT2D eigenvalue weighted by atomic mass is 16.3. The van der Waals surface area contributed by atoms with Gasteiger partial charge in [-0.1, -0.05) is 36.1 Å². The first-order valence-electron chi connectivity index (χ1n) is 6.84. The Hall–Kier alpha value is 0.220. The molecule has 86 valence electrons. The van der Waals surface area contributed by atoms with Crippen molar-refractivity contribution in [2.45, 2.75) is 61.5 Å². The van der Waals surface area contributed by atoms with Crippen LogP contribution in [0.3, 0.4) is 0 Å². The molecule has 2 rings (SSSR count). The van der Waals surface area contributed by atoms with Crippen molar-refractivity contribution >= 4 is 31.4 Å². The largest absolute Gasteiger partial charge is 0.392 e. The van der Waals surface area contributed by atoms with Crippen molar-refractivity contribution in [3.8, 4) is 0 Å². The van der Waals surface area contributed by atoms with Crippen LogP contribution in [0.4, 0.5) is 0 Å². The van der Waals surface area contributed by atoms with Crippen molar-refractivity contribution in [1.29, 1.82) is 0 Å². The van der Waals surface area contributed by atoms with Gasteiger partial charge in [0.2, 0.25) is 0 Å². The number of rotatable bonds is 0. The molecule has 0 aliphatic heterocycles. The average Bonchev–Trinajstić information content (AvgIpc) is 2.48. The molecule has 16 heavy (non-hydrogen) atoms. The standard InChI is InChI=1S/C11H24B4O/c1-8(16)10(12,13)6-9(4-2-3-5-9)7-11(8,14)15/h16H,2-7,12-15H2,1H3. The highest BCUT2D eigenvalue weighted by Gasteiger charge is 2.59. The third kappa shape index (κ3) is 1.62. The Labute approximate surface area is 104 Å². The molecule has 0 heterocycles. The maximum atomic E-state index is 10.9. The maximum absolute atomic E-state index is 10.9. The molecule has 2 fully saturated rings. The van der Waals surface area contributed by atoms with Gasteiger partial charge in [0.05, 0.1) is 0 Å². The topological polar surface area (TPSA) is 20.2 Å². The van der Waals surface area contributed by atoms with Gasteiger partial charge in [0.25, 0.3) is 0 Å². The normalized spacial score (nSPS) is 33.9. The molecule has 1 N–H and O–H groups in total. The maximum Gasteiger partial charge on any atom is 0.103 e. The summed E-state index contributed by atoms with van der Waals surface area (Å²) in [6.07, 6.45) is 7.97. The third-order valence-electron chi connectivity index (χ3n) is 5.93. The molecular formula is C11H24B4O. The van der Waals surface area contributed by atoms with Crippen LogP contribution in [0.2, 0.25) is 10.4 Å². The van der Waals surface area contributed by atoms with E-state index in [2.05, 4.69) is 38.3 Å². The quantitative estimate of drug-likeness (QED) is 0.507. The zero-order valence-electron chi connectivity index (χ0n) is 11.7. The van der Waals surface area contributed by atoms with Gasteiger partial charge in [0.15, 0.2) is 0 Å². The Balaban J connectivity index is 2.36. The van der Waals surface area contributed by atoms with E-state index in [0.717, 1.165) is 0 Å². The van der Waals surface area contributed by atoms with Crippen LogP contribution in [0.5, 0.6) is 0 Å². The molecule has 0 unspecified atom stereocenters. The number of aliphatic hydroxyl groups is 1. The van der Waals surface area contributed by atoms with E-state index < -0.39 is 5.60 Å². The summed E-state index contributed by atoms with van der Waals surface area (Å²) in [5, 5.41) is 11.0. The van der Waals surface area contributed by atoms with Gasteiger partial charge in [-0.15, -0.1) is 0 Å². The minimum absolute atomic E-state index is 0.0408. The van der Waals surface area contributed by atoms with Gasteiger partial charge < -0.3 is 5.11 Å². The Kier molecular flexibility index (Phi) is 2.67. The van der Waals surface area contributed by atoms with E-state index in [1.807, 2.05) is 0 Å². The molecule has 0 aromatic heterocycles. The molecular weight excluding hydrogens is 191 g/mol. The van der Waals surface area contributed by atoms with Crippen molar-refractivity contribution in [2.75, 3.05) is 0 Å². The Morgan fingerprint density at radius 1 is 0.875 bits per heavy atom. The summed E-state index contributed by atoms with van der Waals surface area (Å²) >= 11 is 0. The predicted octanol–water partition coefficient (Wildman–Crippen LogP) is -1.14. The average molecular weight is 216 g/mol. The summed E-state index contributed by atoms with van der Waals surface area (Å²) in [5.41, 5.74) is -0.0108. The molecule has 1 spiro atoms. The van der Waals surface area contributed by atoms with Crippen molar-refractivity contribution in [2.24, 2.45) is 5.41 Å². The lowest BCUT2D eigenvalue weighted by Gasteiger charge is -2.61. The Bertz CT molecular complexity index is 270. The fraction of sp³-hybridized carbons (Fsp3) is 1.00. The molecule has 0 amide bonds. The summed E-state index contributed by atoms with van der Waals surface area (Å²) in [5.74, 6) is 0. The van der Waals surface area contributed by atoms with Gasteiger partial charge in [-0.2, -0.15) is 0 Å². The summed E-state index contributed by atoms with van der Waals surface area (Å²) in [6.45, 7) is 2.05. The monoisotopic (exact) mass is 216 g/mol. The molecule has 0 radical (unpaired) electrons. The smallest absolute Gasteiger partial charge is 0.103 e. The van der Waals surface area contributed by atoms with E-state index in [9.17, 15) is 5.11 Å². The lowest BCUT2D eigenvalue weighted by Crippen LogP contribution is -2.58. The minimum atomic E-state index is -0.548.